The molecule has 0 unspecified atom stereocenters. The first-order chi connectivity index (χ1) is 13.6. The summed E-state index contributed by atoms with van der Waals surface area (Å²) in [5.41, 5.74) is 1.23. The topological polar surface area (TPSA) is 63.5 Å². The van der Waals surface area contributed by atoms with Crippen molar-refractivity contribution in [2.75, 3.05) is 46.1 Å². The van der Waals surface area contributed by atoms with Crippen molar-refractivity contribution < 1.29 is 24.0 Å². The number of hydrogen-bond donors (Lipinski definition) is 1. The number of likely N-dealkylation sites (tertiary alicyclic amines) is 1. The second kappa shape index (κ2) is 8.39. The predicted molar refractivity (Wildman–Crippen MR) is 103 cm³/mol. The molecular weight excluding hydrogens is 358 g/mol. The summed E-state index contributed by atoms with van der Waals surface area (Å²) in [5.74, 6) is 1.78. The Morgan fingerprint density at radius 1 is 1.21 bits per heavy atom. The lowest BCUT2D eigenvalue weighted by atomic mass is 10.1. The second-order valence-corrected chi connectivity index (χ2v) is 8.03. The average molecular weight is 388 g/mol. The number of piperazine rings is 1. The predicted octanol–water partition coefficient (Wildman–Crippen LogP) is 0.291. The Bertz CT molecular complexity index is 730. The van der Waals surface area contributed by atoms with Crippen molar-refractivity contribution in [3.05, 3.63) is 23.8 Å². The Kier molecular flexibility index (Phi) is 5.71. The van der Waals surface area contributed by atoms with Gasteiger partial charge in [-0.15, -0.1) is 0 Å². The van der Waals surface area contributed by atoms with Crippen LogP contribution in [0.1, 0.15) is 31.7 Å². The van der Waals surface area contributed by atoms with Crippen LogP contribution in [-0.4, -0.2) is 67.7 Å². The second-order valence-electron chi connectivity index (χ2n) is 8.03. The maximum atomic E-state index is 12.9. The van der Waals surface area contributed by atoms with Gasteiger partial charge in [0.05, 0.1) is 32.1 Å². The summed E-state index contributed by atoms with van der Waals surface area (Å²) < 4.78 is 10.8. The van der Waals surface area contributed by atoms with Crippen molar-refractivity contribution in [3.63, 3.8) is 0 Å². The molecular formula is C21H30N3O4+. The van der Waals surface area contributed by atoms with E-state index in [1.165, 1.54) is 10.5 Å². The fourth-order valence-corrected chi connectivity index (χ4v) is 4.32. The molecule has 0 radical (unpaired) electrons. The molecule has 7 nitrogen and oxygen atoms in total. The minimum absolute atomic E-state index is 0.138. The smallest absolute Gasteiger partial charge is 0.231 e. The molecule has 28 heavy (non-hydrogen) atoms. The van der Waals surface area contributed by atoms with Gasteiger partial charge in [-0.3, -0.25) is 9.59 Å². The number of amides is 2. The molecule has 1 aromatic rings. The Labute approximate surface area is 166 Å². The fraction of sp³-hybridized carbons (Fsp3) is 0.619. The fourth-order valence-electron chi connectivity index (χ4n) is 4.32. The van der Waals surface area contributed by atoms with Crippen LogP contribution in [0, 0.1) is 5.92 Å². The lowest BCUT2D eigenvalue weighted by molar-refractivity contribution is -0.917. The van der Waals surface area contributed by atoms with Crippen LogP contribution in [0.5, 0.6) is 11.5 Å². The van der Waals surface area contributed by atoms with E-state index in [2.05, 4.69) is 19.1 Å². The highest BCUT2D eigenvalue weighted by Crippen LogP contribution is 2.32. The van der Waals surface area contributed by atoms with Crippen molar-refractivity contribution in [1.29, 1.82) is 0 Å². The summed E-state index contributed by atoms with van der Waals surface area (Å²) in [6.07, 6.45) is 2.46. The van der Waals surface area contributed by atoms with E-state index >= 15 is 0 Å². The molecule has 1 N–H and O–H groups in total. The number of quaternary nitrogens is 1. The summed E-state index contributed by atoms with van der Waals surface area (Å²) in [7, 11) is 0. The Morgan fingerprint density at radius 3 is 2.79 bits per heavy atom. The summed E-state index contributed by atoms with van der Waals surface area (Å²) in [4.78, 5) is 30.3. The lowest BCUT2D eigenvalue weighted by Gasteiger charge is -2.33. The molecule has 0 aromatic heterocycles. The number of benzene rings is 1. The molecule has 1 aromatic carbocycles. The molecule has 1 atom stereocenters. The lowest BCUT2D eigenvalue weighted by Crippen LogP contribution is -3.13. The molecule has 4 rings (SSSR count). The number of ether oxygens (including phenoxy) is 2. The monoisotopic (exact) mass is 388 g/mol. The van der Waals surface area contributed by atoms with Gasteiger partial charge in [-0.05, 0) is 24.6 Å². The van der Waals surface area contributed by atoms with Crippen LogP contribution in [0.15, 0.2) is 18.2 Å². The zero-order valence-corrected chi connectivity index (χ0v) is 16.6. The van der Waals surface area contributed by atoms with E-state index in [4.69, 9.17) is 9.47 Å². The van der Waals surface area contributed by atoms with Gasteiger partial charge in [0.15, 0.2) is 11.5 Å². The van der Waals surface area contributed by atoms with Crippen LogP contribution >= 0.6 is 0 Å². The molecule has 7 heteroatoms. The normalized spacial score (nSPS) is 22.2. The third-order valence-electron chi connectivity index (χ3n) is 6.02. The van der Waals surface area contributed by atoms with Gasteiger partial charge in [-0.25, -0.2) is 0 Å². The summed E-state index contributed by atoms with van der Waals surface area (Å²) >= 11 is 0. The molecule has 152 valence electrons. The number of carbonyl (C=O) groups excluding carboxylic acids is 2. The van der Waals surface area contributed by atoms with Gasteiger partial charge >= 0.3 is 0 Å². The van der Waals surface area contributed by atoms with Crippen molar-refractivity contribution in [2.45, 2.75) is 32.7 Å². The molecule has 2 saturated heterocycles. The average Bonchev–Trinajstić information content (AvgIpc) is 3.32. The largest absolute Gasteiger partial charge is 0.454 e. The maximum absolute atomic E-state index is 12.9. The highest BCUT2D eigenvalue weighted by Gasteiger charge is 2.37. The van der Waals surface area contributed by atoms with Gasteiger partial charge in [0, 0.05) is 25.1 Å². The number of hydrogen-bond acceptors (Lipinski definition) is 4. The number of nitrogens with one attached hydrogen (secondary N) is 1. The minimum atomic E-state index is -0.153. The van der Waals surface area contributed by atoms with Crippen LogP contribution < -0.4 is 14.4 Å². The van der Waals surface area contributed by atoms with E-state index in [-0.39, 0.29) is 17.7 Å². The van der Waals surface area contributed by atoms with Crippen molar-refractivity contribution in [2.24, 2.45) is 5.92 Å². The van der Waals surface area contributed by atoms with Crippen LogP contribution in [-0.2, 0) is 16.1 Å². The summed E-state index contributed by atoms with van der Waals surface area (Å²) in [5, 5.41) is 0. The standard InChI is InChI=1S/C21H29N3O4/c1-2-3-6-24-14-17(12-20(24)25)21(26)23-9-7-22(8-10-23)13-16-4-5-18-19(11-16)28-15-27-18/h4-5,11,17H,2-3,6-10,12-15H2,1H3/p+1/t17-/m1/s1. The van der Waals surface area contributed by atoms with Crippen LogP contribution in [0.2, 0.25) is 0 Å². The third kappa shape index (κ3) is 4.09. The van der Waals surface area contributed by atoms with Gasteiger partial charge in [0.2, 0.25) is 18.6 Å². The van der Waals surface area contributed by atoms with E-state index in [9.17, 15) is 9.59 Å². The van der Waals surface area contributed by atoms with E-state index in [1.807, 2.05) is 15.9 Å². The highest BCUT2D eigenvalue weighted by molar-refractivity contribution is 5.89. The molecule has 3 aliphatic heterocycles. The first kappa shape index (κ1) is 19.1. The van der Waals surface area contributed by atoms with Crippen molar-refractivity contribution in [3.8, 4) is 11.5 Å². The van der Waals surface area contributed by atoms with Gasteiger partial charge < -0.3 is 24.2 Å². The number of rotatable bonds is 6. The van der Waals surface area contributed by atoms with Crippen molar-refractivity contribution in [1.82, 2.24) is 9.80 Å². The van der Waals surface area contributed by atoms with Crippen LogP contribution in [0.4, 0.5) is 0 Å². The Hall–Kier alpha value is -2.28. The van der Waals surface area contributed by atoms with Gasteiger partial charge in [-0.1, -0.05) is 13.3 Å². The maximum Gasteiger partial charge on any atom is 0.231 e. The number of nitrogens with zero attached hydrogens (tertiary/aromatic N) is 2. The van der Waals surface area contributed by atoms with E-state index in [0.717, 1.165) is 63.6 Å². The molecule has 0 saturated carbocycles. The zero-order chi connectivity index (χ0) is 19.5. The number of unbranched alkanes of at least 4 members (excludes halogenated alkanes) is 1. The molecule has 2 amide bonds. The third-order valence-corrected chi connectivity index (χ3v) is 6.02. The van der Waals surface area contributed by atoms with E-state index < -0.39 is 0 Å². The molecule has 3 aliphatic rings. The van der Waals surface area contributed by atoms with Crippen molar-refractivity contribution >= 4 is 11.8 Å². The summed E-state index contributed by atoms with van der Waals surface area (Å²) in [6, 6.07) is 6.12. The van der Waals surface area contributed by atoms with E-state index in [1.54, 1.807) is 0 Å². The molecule has 0 spiro atoms. The molecule has 0 bridgehead atoms. The molecule has 2 fully saturated rings. The first-order valence-corrected chi connectivity index (χ1v) is 10.4. The van der Waals surface area contributed by atoms with Crippen LogP contribution in [0.25, 0.3) is 0 Å². The number of carbonyl (C=O) groups is 2. The van der Waals surface area contributed by atoms with Gasteiger partial charge in [0.1, 0.15) is 6.54 Å². The SMILES string of the molecule is CCCCN1C[C@H](C(=O)N2CC[NH+](Cc3ccc4c(c3)OCO4)CC2)CC1=O. The van der Waals surface area contributed by atoms with E-state index in [0.29, 0.717) is 19.8 Å². The first-order valence-electron chi connectivity index (χ1n) is 10.4. The van der Waals surface area contributed by atoms with Gasteiger partial charge in [0.25, 0.3) is 0 Å². The molecule has 3 heterocycles. The number of fused-ring (bicyclic) bond motifs is 1. The zero-order valence-electron chi connectivity index (χ0n) is 16.6. The Morgan fingerprint density at radius 2 is 2.00 bits per heavy atom. The minimum Gasteiger partial charge on any atom is -0.454 e. The Balaban J connectivity index is 1.26. The summed E-state index contributed by atoms with van der Waals surface area (Å²) in [6.45, 7) is 8.11. The molecule has 0 aliphatic carbocycles. The van der Waals surface area contributed by atoms with Crippen LogP contribution in [0.3, 0.4) is 0 Å². The van der Waals surface area contributed by atoms with Gasteiger partial charge in [-0.2, -0.15) is 0 Å². The quantitative estimate of drug-likeness (QED) is 0.761. The highest BCUT2D eigenvalue weighted by atomic mass is 16.7.